The van der Waals surface area contributed by atoms with E-state index in [2.05, 4.69) is 39.1 Å². The molecule has 0 aromatic carbocycles. The molecule has 1 saturated heterocycles. The quantitative estimate of drug-likeness (QED) is 0.883. The predicted molar refractivity (Wildman–Crippen MR) is 77.0 cm³/mol. The minimum absolute atomic E-state index is 0. The second-order valence-electron chi connectivity index (χ2n) is 3.86. The van der Waals surface area contributed by atoms with Gasteiger partial charge in [-0.05, 0) is 28.9 Å². The summed E-state index contributed by atoms with van der Waals surface area (Å²) in [5.74, 6) is 0. The van der Waals surface area contributed by atoms with Gasteiger partial charge in [0.1, 0.15) is 4.34 Å². The van der Waals surface area contributed by atoms with Crippen LogP contribution in [-0.4, -0.2) is 30.6 Å². The first-order valence-corrected chi connectivity index (χ1v) is 7.04. The van der Waals surface area contributed by atoms with Gasteiger partial charge in [0.2, 0.25) is 0 Å². The third-order valence-electron chi connectivity index (χ3n) is 2.69. The van der Waals surface area contributed by atoms with Crippen molar-refractivity contribution in [1.82, 2.24) is 10.2 Å². The molecular formula is C10H15BrCl2N2S. The van der Waals surface area contributed by atoms with E-state index in [1.165, 1.54) is 4.88 Å². The molecule has 2 nitrogen and oxygen atoms in total. The maximum absolute atomic E-state index is 6.02. The van der Waals surface area contributed by atoms with Gasteiger partial charge in [-0.2, -0.15) is 0 Å². The number of rotatable bonds is 2. The summed E-state index contributed by atoms with van der Waals surface area (Å²) in [5, 5.41) is 3.39. The predicted octanol–water partition coefficient (Wildman–Crippen LogP) is 3.38. The molecule has 1 atom stereocenters. The van der Waals surface area contributed by atoms with Crippen LogP contribution in [0.4, 0.5) is 0 Å². The average molecular weight is 346 g/mol. The van der Waals surface area contributed by atoms with Crippen molar-refractivity contribution < 1.29 is 0 Å². The molecule has 2 heterocycles. The molecule has 6 heteroatoms. The molecular weight excluding hydrogens is 331 g/mol. The van der Waals surface area contributed by atoms with Gasteiger partial charge in [0.15, 0.2) is 0 Å². The second kappa shape index (κ2) is 6.57. The zero-order valence-electron chi connectivity index (χ0n) is 9.00. The minimum Gasteiger partial charge on any atom is -0.314 e. The fourth-order valence-corrected chi connectivity index (χ4v) is 3.60. The summed E-state index contributed by atoms with van der Waals surface area (Å²) >= 11 is 11.1. The van der Waals surface area contributed by atoms with Crippen molar-refractivity contribution in [2.75, 3.05) is 19.6 Å². The van der Waals surface area contributed by atoms with Crippen LogP contribution in [0.1, 0.15) is 11.8 Å². The Labute approximate surface area is 120 Å². The van der Waals surface area contributed by atoms with Crippen molar-refractivity contribution in [1.29, 1.82) is 0 Å². The van der Waals surface area contributed by atoms with E-state index in [-0.39, 0.29) is 12.4 Å². The standard InChI is InChI=1S/C10H14BrClN2S.ClH/c1-7-5-13-2-3-14(7)6-8-4-9(11)10(12)15-8;/h4,7,13H,2-3,5-6H2,1H3;1H/t7-;/m0./s1. The lowest BCUT2D eigenvalue weighted by molar-refractivity contribution is 0.167. The van der Waals surface area contributed by atoms with Crippen LogP contribution in [-0.2, 0) is 6.54 Å². The summed E-state index contributed by atoms with van der Waals surface area (Å²) < 4.78 is 1.87. The van der Waals surface area contributed by atoms with Crippen molar-refractivity contribution in [3.05, 3.63) is 19.8 Å². The van der Waals surface area contributed by atoms with Gasteiger partial charge in [-0.25, -0.2) is 0 Å². The van der Waals surface area contributed by atoms with Crippen LogP contribution in [0.15, 0.2) is 10.5 Å². The zero-order chi connectivity index (χ0) is 10.8. The Hall–Kier alpha value is 0.680. The Morgan fingerprint density at radius 3 is 3.00 bits per heavy atom. The molecule has 1 aliphatic heterocycles. The summed E-state index contributed by atoms with van der Waals surface area (Å²) in [6.45, 7) is 6.56. The molecule has 0 spiro atoms. The third-order valence-corrected chi connectivity index (χ3v) is 5.15. The van der Waals surface area contributed by atoms with E-state index in [1.807, 2.05) is 0 Å². The maximum atomic E-state index is 6.02. The van der Waals surface area contributed by atoms with Crippen LogP contribution >= 0.6 is 51.3 Å². The largest absolute Gasteiger partial charge is 0.314 e. The second-order valence-corrected chi connectivity index (χ2v) is 6.45. The number of hydrogen-bond donors (Lipinski definition) is 1. The van der Waals surface area contributed by atoms with Crippen molar-refractivity contribution in [3.8, 4) is 0 Å². The van der Waals surface area contributed by atoms with Gasteiger partial charge in [0.05, 0.1) is 0 Å². The molecule has 2 rings (SSSR count). The van der Waals surface area contributed by atoms with E-state index in [0.717, 1.165) is 35.0 Å². The van der Waals surface area contributed by atoms with E-state index in [4.69, 9.17) is 11.6 Å². The summed E-state index contributed by atoms with van der Waals surface area (Å²) in [6.07, 6.45) is 0. The van der Waals surface area contributed by atoms with Crippen molar-refractivity contribution in [2.45, 2.75) is 19.5 Å². The molecule has 1 N–H and O–H groups in total. The number of hydrogen-bond acceptors (Lipinski definition) is 3. The van der Waals surface area contributed by atoms with Crippen LogP contribution in [0.5, 0.6) is 0 Å². The highest BCUT2D eigenvalue weighted by molar-refractivity contribution is 9.10. The highest BCUT2D eigenvalue weighted by Gasteiger charge is 2.18. The van der Waals surface area contributed by atoms with Gasteiger partial charge in [-0.3, -0.25) is 4.90 Å². The van der Waals surface area contributed by atoms with E-state index in [0.29, 0.717) is 6.04 Å². The summed E-state index contributed by atoms with van der Waals surface area (Å²) in [7, 11) is 0. The average Bonchev–Trinajstić information content (AvgIpc) is 2.50. The smallest absolute Gasteiger partial charge is 0.107 e. The molecule has 0 bridgehead atoms. The number of piperazine rings is 1. The Morgan fingerprint density at radius 2 is 2.44 bits per heavy atom. The Morgan fingerprint density at radius 1 is 1.69 bits per heavy atom. The molecule has 0 radical (unpaired) electrons. The SMILES string of the molecule is C[C@H]1CNCCN1Cc1cc(Br)c(Cl)s1.Cl. The molecule has 1 aromatic rings. The number of thiophene rings is 1. The van der Waals surface area contributed by atoms with E-state index >= 15 is 0 Å². The number of nitrogens with one attached hydrogen (secondary N) is 1. The highest BCUT2D eigenvalue weighted by atomic mass is 79.9. The minimum atomic E-state index is 0. The fourth-order valence-electron chi connectivity index (χ4n) is 1.79. The molecule has 92 valence electrons. The fraction of sp³-hybridized carbons (Fsp3) is 0.600. The number of nitrogens with zero attached hydrogens (tertiary/aromatic N) is 1. The lowest BCUT2D eigenvalue weighted by atomic mass is 10.2. The van der Waals surface area contributed by atoms with E-state index < -0.39 is 0 Å². The van der Waals surface area contributed by atoms with Crippen molar-refractivity contribution in [3.63, 3.8) is 0 Å². The van der Waals surface area contributed by atoms with E-state index in [1.54, 1.807) is 11.3 Å². The summed E-state index contributed by atoms with van der Waals surface area (Å²) in [5.41, 5.74) is 0. The van der Waals surface area contributed by atoms with Crippen LogP contribution < -0.4 is 5.32 Å². The maximum Gasteiger partial charge on any atom is 0.107 e. The van der Waals surface area contributed by atoms with Crippen molar-refractivity contribution >= 4 is 51.3 Å². The van der Waals surface area contributed by atoms with Gasteiger partial charge in [-0.15, -0.1) is 23.7 Å². The van der Waals surface area contributed by atoms with Gasteiger partial charge in [-0.1, -0.05) is 11.6 Å². The molecule has 0 aliphatic carbocycles. The molecule has 16 heavy (non-hydrogen) atoms. The molecule has 0 unspecified atom stereocenters. The number of halogens is 3. The van der Waals surface area contributed by atoms with Crippen LogP contribution in [0.25, 0.3) is 0 Å². The Balaban J connectivity index is 0.00000128. The van der Waals surface area contributed by atoms with Gasteiger partial charge in [0.25, 0.3) is 0 Å². The van der Waals surface area contributed by atoms with Crippen molar-refractivity contribution in [2.24, 2.45) is 0 Å². The molecule has 0 amide bonds. The monoisotopic (exact) mass is 344 g/mol. The third kappa shape index (κ3) is 3.59. The molecule has 1 aliphatic rings. The molecule has 0 saturated carbocycles. The Kier molecular flexibility index (Phi) is 6.05. The van der Waals surface area contributed by atoms with Gasteiger partial charge >= 0.3 is 0 Å². The first kappa shape index (κ1) is 14.7. The summed E-state index contributed by atoms with van der Waals surface area (Å²) in [6, 6.07) is 2.74. The van der Waals surface area contributed by atoms with Gasteiger partial charge in [0, 0.05) is 41.6 Å². The zero-order valence-corrected chi connectivity index (χ0v) is 13.0. The first-order valence-electron chi connectivity index (χ1n) is 5.05. The van der Waals surface area contributed by atoms with Crippen LogP contribution in [0, 0.1) is 0 Å². The molecule has 1 fully saturated rings. The lowest BCUT2D eigenvalue weighted by Crippen LogP contribution is -2.49. The normalized spacial score (nSPS) is 21.8. The summed E-state index contributed by atoms with van der Waals surface area (Å²) in [4.78, 5) is 3.83. The highest BCUT2D eigenvalue weighted by Crippen LogP contribution is 2.32. The molecule has 1 aromatic heterocycles. The van der Waals surface area contributed by atoms with Gasteiger partial charge < -0.3 is 5.32 Å². The Bertz CT molecular complexity index is 326. The van der Waals surface area contributed by atoms with Crippen LogP contribution in [0.2, 0.25) is 4.34 Å². The lowest BCUT2D eigenvalue weighted by Gasteiger charge is -2.33. The van der Waals surface area contributed by atoms with E-state index in [9.17, 15) is 0 Å². The van der Waals surface area contributed by atoms with Crippen LogP contribution in [0.3, 0.4) is 0 Å². The topological polar surface area (TPSA) is 15.3 Å². The first-order chi connectivity index (χ1) is 7.16.